The van der Waals surface area contributed by atoms with Crippen LogP contribution in [0.5, 0.6) is 5.75 Å². The number of carbonyl (C=O) groups excluding carboxylic acids is 1. The molecule has 7 nitrogen and oxygen atoms in total. The average Bonchev–Trinajstić information content (AvgIpc) is 3.46. The van der Waals surface area contributed by atoms with Crippen LogP contribution >= 0.6 is 0 Å². The van der Waals surface area contributed by atoms with Crippen molar-refractivity contribution >= 4 is 16.9 Å². The molecule has 2 aromatic heterocycles. The number of unbranched alkanes of at least 4 members (excludes halogenated alkanes) is 1. The second-order valence-corrected chi connectivity index (χ2v) is 8.09. The van der Waals surface area contributed by atoms with Crippen LogP contribution in [0.3, 0.4) is 0 Å². The first-order valence-corrected chi connectivity index (χ1v) is 11.3. The van der Waals surface area contributed by atoms with Gasteiger partial charge in [0.25, 0.3) is 0 Å². The molecule has 4 rings (SSSR count). The predicted molar refractivity (Wildman–Crippen MR) is 126 cm³/mol. The van der Waals surface area contributed by atoms with Crippen molar-refractivity contribution in [2.24, 2.45) is 0 Å². The highest BCUT2D eigenvalue weighted by molar-refractivity contribution is 5.83. The van der Waals surface area contributed by atoms with Crippen LogP contribution in [0.4, 0.5) is 0 Å². The van der Waals surface area contributed by atoms with Gasteiger partial charge in [0.15, 0.2) is 0 Å². The normalized spacial score (nSPS) is 11.1. The molecule has 0 radical (unpaired) electrons. The van der Waals surface area contributed by atoms with Gasteiger partial charge in [0, 0.05) is 49.4 Å². The van der Waals surface area contributed by atoms with E-state index in [1.54, 1.807) is 12.0 Å². The third-order valence-electron chi connectivity index (χ3n) is 5.73. The van der Waals surface area contributed by atoms with Crippen LogP contribution in [0, 0.1) is 0 Å². The van der Waals surface area contributed by atoms with E-state index in [0.29, 0.717) is 31.1 Å². The Morgan fingerprint density at radius 1 is 1.09 bits per heavy atom. The molecular weight excluding hydrogens is 418 g/mol. The number of hydrogen-bond donors (Lipinski definition) is 0. The van der Waals surface area contributed by atoms with Gasteiger partial charge in [-0.3, -0.25) is 4.79 Å². The first-order valence-electron chi connectivity index (χ1n) is 11.3. The summed E-state index contributed by atoms with van der Waals surface area (Å²) < 4.78 is 16.6. The lowest BCUT2D eigenvalue weighted by molar-refractivity contribution is -0.130. The van der Waals surface area contributed by atoms with E-state index in [0.717, 1.165) is 52.9 Å². The summed E-state index contributed by atoms with van der Waals surface area (Å²) in [5.41, 5.74) is 2.80. The van der Waals surface area contributed by atoms with E-state index in [9.17, 15) is 4.79 Å². The number of aromatic nitrogens is 2. The maximum atomic E-state index is 12.8. The second-order valence-electron chi connectivity index (χ2n) is 8.09. The molecule has 0 atom stereocenters. The van der Waals surface area contributed by atoms with E-state index in [1.807, 2.05) is 49.5 Å². The number of benzene rings is 2. The molecule has 0 unspecified atom stereocenters. The Hall–Kier alpha value is -3.61. The number of aryl methyl sites for hydroxylation is 2. The molecule has 0 aliphatic heterocycles. The first kappa shape index (κ1) is 22.6. The number of nitrogens with zero attached hydrogens (tertiary/aromatic N) is 3. The Balaban J connectivity index is 1.39. The molecule has 0 N–H and O–H groups in total. The molecule has 2 heterocycles. The van der Waals surface area contributed by atoms with Crippen molar-refractivity contribution in [3.05, 3.63) is 65.7 Å². The Bertz CT molecular complexity index is 1210. The largest absolute Gasteiger partial charge is 0.497 e. The van der Waals surface area contributed by atoms with Crippen LogP contribution in [-0.4, -0.2) is 35.1 Å². The van der Waals surface area contributed by atoms with Gasteiger partial charge in [-0.05, 0) is 36.8 Å². The van der Waals surface area contributed by atoms with Crippen LogP contribution in [0.25, 0.3) is 22.4 Å². The zero-order valence-electron chi connectivity index (χ0n) is 19.3. The van der Waals surface area contributed by atoms with Gasteiger partial charge in [-0.25, -0.2) is 0 Å². The zero-order chi connectivity index (χ0) is 23.2. The monoisotopic (exact) mass is 447 g/mol. The van der Waals surface area contributed by atoms with E-state index in [4.69, 9.17) is 13.7 Å². The van der Waals surface area contributed by atoms with Crippen molar-refractivity contribution in [2.75, 3.05) is 14.2 Å². The SMILES string of the molecule is CCCCc1oc2ccccc2c1CN(C)C(=O)CCc1nc(-c2ccc(OC)cc2)no1. The van der Waals surface area contributed by atoms with Crippen LogP contribution in [-0.2, 0) is 24.2 Å². The lowest BCUT2D eigenvalue weighted by Crippen LogP contribution is -2.26. The fraction of sp³-hybridized carbons (Fsp3) is 0.346. The van der Waals surface area contributed by atoms with Gasteiger partial charge in [-0.15, -0.1) is 0 Å². The third kappa shape index (κ3) is 5.25. The molecule has 0 saturated heterocycles. The Morgan fingerprint density at radius 2 is 1.88 bits per heavy atom. The molecule has 0 bridgehead atoms. The van der Waals surface area contributed by atoms with Crippen LogP contribution in [0.15, 0.2) is 57.5 Å². The first-order chi connectivity index (χ1) is 16.1. The fourth-order valence-electron chi connectivity index (χ4n) is 3.81. The van der Waals surface area contributed by atoms with E-state index in [-0.39, 0.29) is 5.91 Å². The van der Waals surface area contributed by atoms with E-state index in [1.165, 1.54) is 0 Å². The van der Waals surface area contributed by atoms with Crippen LogP contribution in [0.1, 0.15) is 43.4 Å². The van der Waals surface area contributed by atoms with E-state index >= 15 is 0 Å². The van der Waals surface area contributed by atoms with Crippen molar-refractivity contribution in [2.45, 2.75) is 45.6 Å². The van der Waals surface area contributed by atoms with E-state index < -0.39 is 0 Å². The van der Waals surface area contributed by atoms with Crippen molar-refractivity contribution in [3.63, 3.8) is 0 Å². The number of ether oxygens (including phenoxy) is 1. The Kier molecular flexibility index (Phi) is 7.07. The highest BCUT2D eigenvalue weighted by Crippen LogP contribution is 2.28. The van der Waals surface area contributed by atoms with Gasteiger partial charge in [0.1, 0.15) is 17.1 Å². The van der Waals surface area contributed by atoms with Crippen LogP contribution < -0.4 is 4.74 Å². The minimum atomic E-state index is 0.0194. The molecule has 0 fully saturated rings. The zero-order valence-corrected chi connectivity index (χ0v) is 19.3. The number of para-hydroxylation sites is 1. The summed E-state index contributed by atoms with van der Waals surface area (Å²) in [5, 5.41) is 5.11. The van der Waals surface area contributed by atoms with Gasteiger partial charge in [0.2, 0.25) is 17.6 Å². The minimum absolute atomic E-state index is 0.0194. The number of methoxy groups -OCH3 is 1. The number of fused-ring (bicyclic) bond motifs is 1. The number of amides is 1. The minimum Gasteiger partial charge on any atom is -0.497 e. The summed E-state index contributed by atoms with van der Waals surface area (Å²) in [6, 6.07) is 15.4. The van der Waals surface area contributed by atoms with Gasteiger partial charge < -0.3 is 18.6 Å². The molecule has 7 heteroatoms. The maximum Gasteiger partial charge on any atom is 0.227 e. The number of furan rings is 1. The molecule has 4 aromatic rings. The second kappa shape index (κ2) is 10.3. The summed E-state index contributed by atoms with van der Waals surface area (Å²) in [5.74, 6) is 2.70. The molecule has 0 saturated carbocycles. The third-order valence-corrected chi connectivity index (χ3v) is 5.73. The van der Waals surface area contributed by atoms with Crippen molar-refractivity contribution in [3.8, 4) is 17.1 Å². The highest BCUT2D eigenvalue weighted by Gasteiger charge is 2.19. The van der Waals surface area contributed by atoms with Crippen molar-refractivity contribution < 1.29 is 18.5 Å². The van der Waals surface area contributed by atoms with Gasteiger partial charge in [-0.2, -0.15) is 4.98 Å². The number of carbonyl (C=O) groups is 1. The Morgan fingerprint density at radius 3 is 2.64 bits per heavy atom. The average molecular weight is 448 g/mol. The number of rotatable bonds is 10. The standard InChI is InChI=1S/C26H29N3O4/c1-4-5-9-23-21(20-8-6-7-10-22(20)32-23)17-29(2)25(30)16-15-24-27-26(28-33-24)18-11-13-19(31-3)14-12-18/h6-8,10-14H,4-5,9,15-17H2,1-3H3. The quantitative estimate of drug-likeness (QED) is 0.323. The lowest BCUT2D eigenvalue weighted by Gasteiger charge is -2.17. The topological polar surface area (TPSA) is 81.6 Å². The van der Waals surface area contributed by atoms with Crippen molar-refractivity contribution in [1.29, 1.82) is 0 Å². The fourth-order valence-corrected chi connectivity index (χ4v) is 3.81. The summed E-state index contributed by atoms with van der Waals surface area (Å²) in [4.78, 5) is 19.0. The predicted octanol–water partition coefficient (Wildman–Crippen LogP) is 5.43. The summed E-state index contributed by atoms with van der Waals surface area (Å²) in [6.07, 6.45) is 3.70. The molecule has 0 aliphatic rings. The molecular formula is C26H29N3O4. The number of hydrogen-bond acceptors (Lipinski definition) is 6. The summed E-state index contributed by atoms with van der Waals surface area (Å²) >= 11 is 0. The van der Waals surface area contributed by atoms with E-state index in [2.05, 4.69) is 23.1 Å². The maximum absolute atomic E-state index is 12.8. The van der Waals surface area contributed by atoms with Crippen LogP contribution in [0.2, 0.25) is 0 Å². The molecule has 33 heavy (non-hydrogen) atoms. The van der Waals surface area contributed by atoms with Gasteiger partial charge in [0.05, 0.1) is 7.11 Å². The lowest BCUT2D eigenvalue weighted by atomic mass is 10.1. The summed E-state index contributed by atoms with van der Waals surface area (Å²) in [6.45, 7) is 2.67. The smallest absolute Gasteiger partial charge is 0.227 e. The van der Waals surface area contributed by atoms with Crippen molar-refractivity contribution in [1.82, 2.24) is 15.0 Å². The summed E-state index contributed by atoms with van der Waals surface area (Å²) in [7, 11) is 3.45. The molecule has 2 aromatic carbocycles. The Labute approximate surface area is 193 Å². The molecule has 0 aliphatic carbocycles. The van der Waals surface area contributed by atoms with Gasteiger partial charge >= 0.3 is 0 Å². The van der Waals surface area contributed by atoms with Gasteiger partial charge in [-0.1, -0.05) is 36.7 Å². The highest BCUT2D eigenvalue weighted by atomic mass is 16.5. The molecule has 1 amide bonds. The molecule has 0 spiro atoms. The molecule has 172 valence electrons.